The van der Waals surface area contributed by atoms with Crippen LogP contribution in [0.4, 0.5) is 15.8 Å². The molecular weight excluding hydrogens is 219 g/mol. The van der Waals surface area contributed by atoms with Crippen molar-refractivity contribution in [2.75, 3.05) is 30.8 Å². The molecule has 1 heterocycles. The fourth-order valence-electron chi connectivity index (χ4n) is 2.30. The summed E-state index contributed by atoms with van der Waals surface area (Å²) in [7, 11) is 1.73. The van der Waals surface area contributed by atoms with Crippen LogP contribution in [0.5, 0.6) is 0 Å². The molecule has 1 fully saturated rings. The molecule has 0 aliphatic carbocycles. The first-order valence-corrected chi connectivity index (χ1v) is 5.95. The van der Waals surface area contributed by atoms with Gasteiger partial charge in [0.25, 0.3) is 0 Å². The van der Waals surface area contributed by atoms with E-state index in [4.69, 9.17) is 10.5 Å². The van der Waals surface area contributed by atoms with Crippen molar-refractivity contribution >= 4 is 11.4 Å². The van der Waals surface area contributed by atoms with E-state index in [1.165, 1.54) is 6.07 Å². The molecule has 0 saturated carbocycles. The molecular formula is C13H19FN2O. The Labute approximate surface area is 101 Å². The van der Waals surface area contributed by atoms with Crippen molar-refractivity contribution in [2.24, 2.45) is 0 Å². The molecule has 17 heavy (non-hydrogen) atoms. The van der Waals surface area contributed by atoms with E-state index in [9.17, 15) is 4.39 Å². The Morgan fingerprint density at radius 3 is 2.94 bits per heavy atom. The van der Waals surface area contributed by atoms with Gasteiger partial charge in [0.1, 0.15) is 5.82 Å². The number of hydrogen-bond donors (Lipinski definition) is 1. The lowest BCUT2D eigenvalue weighted by atomic mass is 10.1. The van der Waals surface area contributed by atoms with Gasteiger partial charge in [-0.15, -0.1) is 0 Å². The topological polar surface area (TPSA) is 38.5 Å². The summed E-state index contributed by atoms with van der Waals surface area (Å²) in [5.74, 6) is -0.244. The van der Waals surface area contributed by atoms with E-state index in [0.717, 1.165) is 31.6 Å². The van der Waals surface area contributed by atoms with Crippen molar-refractivity contribution < 1.29 is 9.13 Å². The van der Waals surface area contributed by atoms with Gasteiger partial charge < -0.3 is 15.4 Å². The quantitative estimate of drug-likeness (QED) is 0.804. The van der Waals surface area contributed by atoms with Gasteiger partial charge in [-0.1, -0.05) is 0 Å². The third-order valence-electron chi connectivity index (χ3n) is 3.36. The number of rotatable bonds is 2. The summed E-state index contributed by atoms with van der Waals surface area (Å²) in [6.07, 6.45) is 2.40. The van der Waals surface area contributed by atoms with Crippen molar-refractivity contribution in [2.45, 2.75) is 25.9 Å². The Kier molecular flexibility index (Phi) is 3.52. The molecule has 94 valence electrons. The van der Waals surface area contributed by atoms with E-state index in [1.807, 2.05) is 6.07 Å². The summed E-state index contributed by atoms with van der Waals surface area (Å²) in [5, 5.41) is 0. The average Bonchev–Trinajstić information content (AvgIpc) is 2.34. The van der Waals surface area contributed by atoms with E-state index in [2.05, 4.69) is 4.90 Å². The van der Waals surface area contributed by atoms with Crippen LogP contribution >= 0.6 is 0 Å². The predicted molar refractivity (Wildman–Crippen MR) is 67.8 cm³/mol. The van der Waals surface area contributed by atoms with E-state index < -0.39 is 0 Å². The highest BCUT2D eigenvalue weighted by molar-refractivity contribution is 5.69. The number of piperidine rings is 1. The Morgan fingerprint density at radius 1 is 1.47 bits per heavy atom. The zero-order valence-electron chi connectivity index (χ0n) is 10.4. The molecule has 3 nitrogen and oxygen atoms in total. The van der Waals surface area contributed by atoms with Crippen molar-refractivity contribution in [1.29, 1.82) is 0 Å². The fourth-order valence-corrected chi connectivity index (χ4v) is 2.30. The summed E-state index contributed by atoms with van der Waals surface area (Å²) < 4.78 is 18.7. The van der Waals surface area contributed by atoms with E-state index >= 15 is 0 Å². The first-order valence-electron chi connectivity index (χ1n) is 5.95. The van der Waals surface area contributed by atoms with Gasteiger partial charge in [-0.2, -0.15) is 0 Å². The highest BCUT2D eigenvalue weighted by Gasteiger charge is 2.21. The minimum Gasteiger partial charge on any atom is -0.397 e. The lowest BCUT2D eigenvalue weighted by Crippen LogP contribution is -2.39. The molecule has 1 aromatic carbocycles. The van der Waals surface area contributed by atoms with Crippen LogP contribution in [0.1, 0.15) is 18.4 Å². The number of nitrogen functional groups attached to an aromatic ring is 1. The van der Waals surface area contributed by atoms with Gasteiger partial charge in [-0.3, -0.25) is 0 Å². The molecule has 2 rings (SSSR count). The third kappa shape index (κ3) is 2.52. The van der Waals surface area contributed by atoms with Crippen LogP contribution in [0.15, 0.2) is 12.1 Å². The van der Waals surface area contributed by atoms with Crippen molar-refractivity contribution in [3.8, 4) is 0 Å². The number of aryl methyl sites for hydroxylation is 1. The maximum absolute atomic E-state index is 13.3. The van der Waals surface area contributed by atoms with Crippen LogP contribution in [0, 0.1) is 12.7 Å². The molecule has 1 saturated heterocycles. The Bertz CT molecular complexity index is 409. The first kappa shape index (κ1) is 12.2. The third-order valence-corrected chi connectivity index (χ3v) is 3.36. The Hall–Kier alpha value is -1.29. The van der Waals surface area contributed by atoms with Crippen LogP contribution in [0.3, 0.4) is 0 Å². The molecule has 1 atom stereocenters. The number of nitrogens with two attached hydrogens (primary N) is 1. The van der Waals surface area contributed by atoms with E-state index in [1.54, 1.807) is 14.0 Å². The number of hydrogen-bond acceptors (Lipinski definition) is 3. The van der Waals surface area contributed by atoms with Crippen molar-refractivity contribution in [3.05, 3.63) is 23.5 Å². The maximum Gasteiger partial charge on any atom is 0.128 e. The predicted octanol–water partition coefficient (Wildman–Crippen LogP) is 2.33. The van der Waals surface area contributed by atoms with Crippen LogP contribution < -0.4 is 10.6 Å². The average molecular weight is 238 g/mol. The van der Waals surface area contributed by atoms with Crippen LogP contribution in [-0.4, -0.2) is 26.3 Å². The minimum atomic E-state index is -0.244. The second kappa shape index (κ2) is 4.92. The summed E-state index contributed by atoms with van der Waals surface area (Å²) in [6, 6.07) is 3.23. The van der Waals surface area contributed by atoms with E-state index in [-0.39, 0.29) is 11.9 Å². The molecule has 1 aromatic rings. The summed E-state index contributed by atoms with van der Waals surface area (Å²) in [4.78, 5) is 2.18. The summed E-state index contributed by atoms with van der Waals surface area (Å²) in [6.45, 7) is 3.54. The molecule has 0 amide bonds. The highest BCUT2D eigenvalue weighted by Crippen LogP contribution is 2.29. The van der Waals surface area contributed by atoms with Crippen LogP contribution in [0.2, 0.25) is 0 Å². The maximum atomic E-state index is 13.3. The molecule has 0 aromatic heterocycles. The second-order valence-corrected chi connectivity index (χ2v) is 4.61. The zero-order valence-corrected chi connectivity index (χ0v) is 10.4. The van der Waals surface area contributed by atoms with Gasteiger partial charge in [0.05, 0.1) is 17.5 Å². The first-order chi connectivity index (χ1) is 8.11. The largest absolute Gasteiger partial charge is 0.397 e. The van der Waals surface area contributed by atoms with Crippen molar-refractivity contribution in [1.82, 2.24) is 0 Å². The van der Waals surface area contributed by atoms with Crippen LogP contribution in [0.25, 0.3) is 0 Å². The van der Waals surface area contributed by atoms with Crippen molar-refractivity contribution in [3.63, 3.8) is 0 Å². The van der Waals surface area contributed by atoms with Gasteiger partial charge in [0, 0.05) is 20.2 Å². The van der Waals surface area contributed by atoms with E-state index in [0.29, 0.717) is 11.3 Å². The van der Waals surface area contributed by atoms with Gasteiger partial charge in [0.2, 0.25) is 0 Å². The molecule has 0 radical (unpaired) electrons. The number of ether oxygens (including phenoxy) is 1. The molecule has 2 N–H and O–H groups in total. The lowest BCUT2D eigenvalue weighted by molar-refractivity contribution is 0.0894. The lowest BCUT2D eigenvalue weighted by Gasteiger charge is -2.34. The SMILES string of the molecule is COC1CCCN(c2cc(C)c(F)cc2N)C1. The second-order valence-electron chi connectivity index (χ2n) is 4.61. The Balaban J connectivity index is 2.24. The van der Waals surface area contributed by atoms with Crippen LogP contribution in [-0.2, 0) is 4.74 Å². The standard InChI is InChI=1S/C13H19FN2O/c1-9-6-13(12(15)7-11(9)14)16-5-3-4-10(8-16)17-2/h6-7,10H,3-5,8,15H2,1-2H3. The highest BCUT2D eigenvalue weighted by atomic mass is 19.1. The number of methoxy groups -OCH3 is 1. The Morgan fingerprint density at radius 2 is 2.24 bits per heavy atom. The summed E-state index contributed by atoms with van der Waals surface area (Å²) in [5.41, 5.74) is 7.95. The number of anilines is 2. The molecule has 1 aliphatic heterocycles. The zero-order chi connectivity index (χ0) is 12.4. The smallest absolute Gasteiger partial charge is 0.128 e. The molecule has 0 bridgehead atoms. The van der Waals surface area contributed by atoms with Gasteiger partial charge >= 0.3 is 0 Å². The normalized spacial score (nSPS) is 20.6. The number of benzene rings is 1. The molecule has 4 heteroatoms. The summed E-state index contributed by atoms with van der Waals surface area (Å²) >= 11 is 0. The number of nitrogens with zero attached hydrogens (tertiary/aromatic N) is 1. The number of halogens is 1. The van der Waals surface area contributed by atoms with Gasteiger partial charge in [-0.05, 0) is 37.5 Å². The molecule has 1 aliphatic rings. The minimum absolute atomic E-state index is 0.244. The molecule has 1 unspecified atom stereocenters. The van der Waals surface area contributed by atoms with Gasteiger partial charge in [0.15, 0.2) is 0 Å². The monoisotopic (exact) mass is 238 g/mol. The fraction of sp³-hybridized carbons (Fsp3) is 0.538. The van der Waals surface area contributed by atoms with Gasteiger partial charge in [-0.25, -0.2) is 4.39 Å². The molecule has 0 spiro atoms.